The van der Waals surface area contributed by atoms with E-state index in [-0.39, 0.29) is 5.82 Å². The molecule has 5 rings (SSSR count). The van der Waals surface area contributed by atoms with Crippen LogP contribution in [-0.4, -0.2) is 39.8 Å². The summed E-state index contributed by atoms with van der Waals surface area (Å²) in [5.74, 6) is 0.669. The SMILES string of the molecule is COCCNc1ccc2c(-n3ccc4cnccc43)nc(-c3ccccc3F)nc2c1. The van der Waals surface area contributed by atoms with Gasteiger partial charge in [0.05, 0.1) is 23.2 Å². The van der Waals surface area contributed by atoms with E-state index in [1.165, 1.54) is 6.07 Å². The number of ether oxygens (including phenoxy) is 1. The molecular weight excluding hydrogens is 393 g/mol. The van der Waals surface area contributed by atoms with E-state index in [0.717, 1.165) is 27.5 Å². The van der Waals surface area contributed by atoms with Gasteiger partial charge in [0.2, 0.25) is 0 Å². The highest BCUT2D eigenvalue weighted by Gasteiger charge is 2.15. The van der Waals surface area contributed by atoms with Crippen LogP contribution in [0, 0.1) is 5.82 Å². The average Bonchev–Trinajstić information content (AvgIpc) is 3.23. The fourth-order valence-corrected chi connectivity index (χ4v) is 3.63. The molecule has 3 heterocycles. The molecule has 5 aromatic rings. The molecule has 0 saturated heterocycles. The highest BCUT2D eigenvalue weighted by atomic mass is 19.1. The molecule has 0 saturated carbocycles. The molecule has 31 heavy (non-hydrogen) atoms. The lowest BCUT2D eigenvalue weighted by molar-refractivity contribution is 0.211. The number of anilines is 1. The maximum Gasteiger partial charge on any atom is 0.165 e. The second-order valence-electron chi connectivity index (χ2n) is 7.12. The van der Waals surface area contributed by atoms with Crippen molar-refractivity contribution in [2.24, 2.45) is 0 Å². The van der Waals surface area contributed by atoms with Crippen LogP contribution in [0.1, 0.15) is 0 Å². The van der Waals surface area contributed by atoms with Gasteiger partial charge in [-0.3, -0.25) is 4.98 Å². The number of hydrogen-bond acceptors (Lipinski definition) is 5. The topological polar surface area (TPSA) is 64.9 Å². The predicted molar refractivity (Wildman–Crippen MR) is 120 cm³/mol. The fourth-order valence-electron chi connectivity index (χ4n) is 3.63. The molecule has 0 spiro atoms. The molecule has 0 unspecified atom stereocenters. The van der Waals surface area contributed by atoms with Crippen molar-refractivity contribution in [3.63, 3.8) is 0 Å². The smallest absolute Gasteiger partial charge is 0.165 e. The van der Waals surface area contributed by atoms with E-state index in [0.29, 0.717) is 30.4 Å². The summed E-state index contributed by atoms with van der Waals surface area (Å²) in [6.45, 7) is 1.27. The first-order valence-corrected chi connectivity index (χ1v) is 9.95. The molecule has 0 bridgehead atoms. The number of nitrogens with zero attached hydrogens (tertiary/aromatic N) is 4. The minimum atomic E-state index is -0.358. The van der Waals surface area contributed by atoms with Gasteiger partial charge in [0, 0.05) is 48.7 Å². The van der Waals surface area contributed by atoms with Crippen LogP contribution in [0.2, 0.25) is 0 Å². The second kappa shape index (κ2) is 8.12. The van der Waals surface area contributed by atoms with Crippen molar-refractivity contribution in [3.8, 4) is 17.2 Å². The molecule has 1 N–H and O–H groups in total. The number of halogens is 1. The van der Waals surface area contributed by atoms with Gasteiger partial charge in [0.15, 0.2) is 5.82 Å². The van der Waals surface area contributed by atoms with E-state index < -0.39 is 0 Å². The molecule has 0 fully saturated rings. The van der Waals surface area contributed by atoms with Crippen molar-refractivity contribution in [1.82, 2.24) is 19.5 Å². The predicted octanol–water partition coefficient (Wildman–Crippen LogP) is 4.83. The van der Waals surface area contributed by atoms with Crippen LogP contribution in [0.4, 0.5) is 10.1 Å². The first-order valence-electron chi connectivity index (χ1n) is 9.95. The van der Waals surface area contributed by atoms with E-state index in [2.05, 4.69) is 10.3 Å². The molecule has 7 heteroatoms. The van der Waals surface area contributed by atoms with Crippen molar-refractivity contribution < 1.29 is 9.13 Å². The van der Waals surface area contributed by atoms with E-state index in [1.807, 2.05) is 47.3 Å². The average molecular weight is 413 g/mol. The molecule has 6 nitrogen and oxygen atoms in total. The third-order valence-corrected chi connectivity index (χ3v) is 5.15. The summed E-state index contributed by atoms with van der Waals surface area (Å²) in [4.78, 5) is 13.7. The maximum atomic E-state index is 14.6. The molecule has 2 aromatic carbocycles. The normalized spacial score (nSPS) is 11.3. The molecule has 3 aromatic heterocycles. The monoisotopic (exact) mass is 413 g/mol. The Balaban J connectivity index is 1.73. The summed E-state index contributed by atoms with van der Waals surface area (Å²) < 4.78 is 21.7. The minimum Gasteiger partial charge on any atom is -0.383 e. The zero-order valence-electron chi connectivity index (χ0n) is 16.9. The van der Waals surface area contributed by atoms with Crippen LogP contribution in [0.5, 0.6) is 0 Å². The van der Waals surface area contributed by atoms with E-state index in [4.69, 9.17) is 14.7 Å². The number of pyridine rings is 1. The van der Waals surface area contributed by atoms with E-state index in [1.54, 1.807) is 31.5 Å². The van der Waals surface area contributed by atoms with Crippen LogP contribution >= 0.6 is 0 Å². The zero-order chi connectivity index (χ0) is 21.2. The van der Waals surface area contributed by atoms with Gasteiger partial charge in [-0.1, -0.05) is 12.1 Å². The summed E-state index contributed by atoms with van der Waals surface area (Å²) in [6, 6.07) is 16.4. The molecule has 0 aliphatic carbocycles. The number of benzene rings is 2. The molecule has 0 aliphatic rings. The second-order valence-corrected chi connectivity index (χ2v) is 7.12. The van der Waals surface area contributed by atoms with Gasteiger partial charge in [-0.05, 0) is 42.5 Å². The van der Waals surface area contributed by atoms with Crippen LogP contribution in [-0.2, 0) is 4.74 Å². The Labute approximate surface area is 178 Å². The number of fused-ring (bicyclic) bond motifs is 2. The van der Waals surface area contributed by atoms with Crippen LogP contribution < -0.4 is 5.32 Å². The summed E-state index contributed by atoms with van der Waals surface area (Å²) in [5, 5.41) is 5.18. The highest BCUT2D eigenvalue weighted by Crippen LogP contribution is 2.29. The van der Waals surface area contributed by atoms with E-state index >= 15 is 0 Å². The number of hydrogen-bond donors (Lipinski definition) is 1. The van der Waals surface area contributed by atoms with Gasteiger partial charge >= 0.3 is 0 Å². The molecular formula is C24H20FN5O. The maximum absolute atomic E-state index is 14.6. The van der Waals surface area contributed by atoms with Gasteiger partial charge < -0.3 is 14.6 Å². The first-order chi connectivity index (χ1) is 15.2. The van der Waals surface area contributed by atoms with Gasteiger partial charge in [0.25, 0.3) is 0 Å². The van der Waals surface area contributed by atoms with Gasteiger partial charge in [-0.25, -0.2) is 14.4 Å². The van der Waals surface area contributed by atoms with Crippen molar-refractivity contribution in [2.45, 2.75) is 0 Å². The number of methoxy groups -OCH3 is 1. The highest BCUT2D eigenvalue weighted by molar-refractivity contribution is 5.92. The summed E-state index contributed by atoms with van der Waals surface area (Å²) in [6.07, 6.45) is 5.51. The van der Waals surface area contributed by atoms with Crippen LogP contribution in [0.3, 0.4) is 0 Å². The lowest BCUT2D eigenvalue weighted by Gasteiger charge is -2.13. The van der Waals surface area contributed by atoms with Crippen molar-refractivity contribution in [1.29, 1.82) is 0 Å². The molecule has 0 aliphatic heterocycles. The Morgan fingerprint density at radius 2 is 1.97 bits per heavy atom. The Hall–Kier alpha value is -3.84. The quantitative estimate of drug-likeness (QED) is 0.404. The lowest BCUT2D eigenvalue weighted by Crippen LogP contribution is -2.08. The number of aromatic nitrogens is 4. The van der Waals surface area contributed by atoms with Gasteiger partial charge in [-0.2, -0.15) is 0 Å². The number of nitrogens with one attached hydrogen (secondary N) is 1. The molecule has 154 valence electrons. The van der Waals surface area contributed by atoms with Crippen LogP contribution in [0.25, 0.3) is 39.0 Å². The summed E-state index contributed by atoms with van der Waals surface area (Å²) in [7, 11) is 1.67. The van der Waals surface area contributed by atoms with Gasteiger partial charge in [0.1, 0.15) is 11.6 Å². The Kier molecular flexibility index (Phi) is 5.01. The Bertz CT molecular complexity index is 1380. The molecule has 0 atom stereocenters. The minimum absolute atomic E-state index is 0.338. The fraction of sp³-hybridized carbons (Fsp3) is 0.125. The lowest BCUT2D eigenvalue weighted by atomic mass is 10.1. The Morgan fingerprint density at radius 1 is 1.06 bits per heavy atom. The van der Waals surface area contributed by atoms with Crippen molar-refractivity contribution >= 4 is 27.5 Å². The third-order valence-electron chi connectivity index (χ3n) is 5.15. The number of rotatable bonds is 6. The molecule has 0 radical (unpaired) electrons. The third kappa shape index (κ3) is 3.60. The first kappa shape index (κ1) is 19.1. The van der Waals surface area contributed by atoms with Crippen LogP contribution in [0.15, 0.2) is 73.2 Å². The summed E-state index contributed by atoms with van der Waals surface area (Å²) in [5.41, 5.74) is 2.97. The Morgan fingerprint density at radius 3 is 2.84 bits per heavy atom. The standard InChI is InChI=1S/C24H20FN5O/c1-31-13-11-27-17-6-7-19-21(14-17)28-23(18-4-2-3-5-20(18)25)29-24(19)30-12-9-16-15-26-10-8-22(16)30/h2-10,12,14-15,27H,11,13H2,1H3. The van der Waals surface area contributed by atoms with E-state index in [9.17, 15) is 4.39 Å². The van der Waals surface area contributed by atoms with Gasteiger partial charge in [-0.15, -0.1) is 0 Å². The molecule has 0 amide bonds. The van der Waals surface area contributed by atoms with Crippen molar-refractivity contribution in [3.05, 3.63) is 79.0 Å². The van der Waals surface area contributed by atoms with Crippen molar-refractivity contribution in [2.75, 3.05) is 25.6 Å². The largest absolute Gasteiger partial charge is 0.383 e. The summed E-state index contributed by atoms with van der Waals surface area (Å²) >= 11 is 0. The zero-order valence-corrected chi connectivity index (χ0v) is 16.9.